The molecule has 3 rings (SSSR count). The summed E-state index contributed by atoms with van der Waals surface area (Å²) >= 11 is 0. The van der Waals surface area contributed by atoms with Crippen LogP contribution in [0.5, 0.6) is 11.5 Å². The molecule has 0 saturated carbocycles. The van der Waals surface area contributed by atoms with Crippen LogP contribution in [0.2, 0.25) is 0 Å². The molecule has 2 aromatic carbocycles. The molecule has 0 saturated heterocycles. The van der Waals surface area contributed by atoms with Crippen molar-refractivity contribution in [1.82, 2.24) is 10.2 Å². The number of hydrogen-bond donors (Lipinski definition) is 1. The number of fused-ring (bicyclic) bond motifs is 1. The molecular weight excluding hydrogens is 494 g/mol. The lowest BCUT2D eigenvalue weighted by Crippen LogP contribution is -2.54. The van der Waals surface area contributed by atoms with Gasteiger partial charge in [0.2, 0.25) is 28.6 Å². The van der Waals surface area contributed by atoms with E-state index in [1.54, 1.807) is 18.2 Å². The van der Waals surface area contributed by atoms with Crippen molar-refractivity contribution < 1.29 is 27.5 Å². The molecule has 0 bridgehead atoms. The van der Waals surface area contributed by atoms with Crippen LogP contribution >= 0.6 is 0 Å². The first-order chi connectivity index (χ1) is 17.7. The predicted octanol–water partition coefficient (Wildman–Crippen LogP) is 3.34. The zero-order valence-electron chi connectivity index (χ0n) is 22.0. The maximum Gasteiger partial charge on any atom is 0.244 e. The Balaban J connectivity index is 1.91. The molecule has 0 fully saturated rings. The lowest BCUT2D eigenvalue weighted by molar-refractivity contribution is -0.139. The molecule has 1 aliphatic heterocycles. The molecule has 37 heavy (non-hydrogen) atoms. The third-order valence-electron chi connectivity index (χ3n) is 6.49. The quantitative estimate of drug-likeness (QED) is 0.425. The Morgan fingerprint density at radius 2 is 1.70 bits per heavy atom. The second-order valence-electron chi connectivity index (χ2n) is 9.01. The minimum Gasteiger partial charge on any atom is -0.454 e. The second-order valence-corrected chi connectivity index (χ2v) is 11.2. The monoisotopic (exact) mass is 531 g/mol. The molecule has 0 radical (unpaired) electrons. The van der Waals surface area contributed by atoms with Gasteiger partial charge in [0.05, 0.1) is 11.4 Å². The summed E-state index contributed by atoms with van der Waals surface area (Å²) in [4.78, 5) is 28.5. The second kappa shape index (κ2) is 12.8. The number of nitrogens with one attached hydrogen (secondary N) is 1. The average Bonchev–Trinajstić information content (AvgIpc) is 3.37. The molecular formula is C27H37N3O6S. The Labute approximate surface area is 219 Å². The third kappa shape index (κ3) is 7.15. The smallest absolute Gasteiger partial charge is 0.244 e. The van der Waals surface area contributed by atoms with Crippen molar-refractivity contribution in [3.63, 3.8) is 0 Å². The Kier molecular flexibility index (Phi) is 9.79. The summed E-state index contributed by atoms with van der Waals surface area (Å²) in [6.45, 7) is 7.16. The predicted molar refractivity (Wildman–Crippen MR) is 143 cm³/mol. The van der Waals surface area contributed by atoms with E-state index in [1.807, 2.05) is 51.1 Å². The van der Waals surface area contributed by atoms with Crippen molar-refractivity contribution in [2.24, 2.45) is 0 Å². The Bertz CT molecular complexity index is 1170. The zero-order valence-corrected chi connectivity index (χ0v) is 22.8. The summed E-state index contributed by atoms with van der Waals surface area (Å²) in [5, 5.41) is 2.97. The fourth-order valence-corrected chi connectivity index (χ4v) is 5.15. The van der Waals surface area contributed by atoms with Crippen LogP contribution in [0, 0.1) is 0 Å². The normalized spacial score (nSPS) is 14.1. The lowest BCUT2D eigenvalue weighted by Gasteiger charge is -2.33. The Morgan fingerprint density at radius 1 is 1.00 bits per heavy atom. The van der Waals surface area contributed by atoms with Crippen LogP contribution in [-0.2, 0) is 26.0 Å². The third-order valence-corrected chi connectivity index (χ3v) is 8.24. The van der Waals surface area contributed by atoms with Crippen molar-refractivity contribution in [3.05, 3.63) is 54.1 Å². The van der Waals surface area contributed by atoms with Crippen molar-refractivity contribution in [3.8, 4) is 11.5 Å². The molecule has 2 amide bonds. The van der Waals surface area contributed by atoms with E-state index in [2.05, 4.69) is 5.32 Å². The average molecular weight is 532 g/mol. The molecule has 202 valence electrons. The minimum atomic E-state index is -3.81. The van der Waals surface area contributed by atoms with Crippen LogP contribution in [0.25, 0.3) is 0 Å². The molecule has 0 unspecified atom stereocenters. The maximum atomic E-state index is 13.8. The topological polar surface area (TPSA) is 105 Å². The van der Waals surface area contributed by atoms with E-state index < -0.39 is 28.5 Å². The fourth-order valence-electron chi connectivity index (χ4n) is 4.10. The van der Waals surface area contributed by atoms with E-state index in [4.69, 9.17) is 9.47 Å². The summed E-state index contributed by atoms with van der Waals surface area (Å²) in [6, 6.07) is 13.7. The number of carbonyl (C=O) groups is 2. The highest BCUT2D eigenvalue weighted by Gasteiger charge is 2.33. The van der Waals surface area contributed by atoms with Gasteiger partial charge in [-0.25, -0.2) is 8.42 Å². The first-order valence-electron chi connectivity index (χ1n) is 12.7. The van der Waals surface area contributed by atoms with Gasteiger partial charge in [-0.15, -0.1) is 0 Å². The van der Waals surface area contributed by atoms with Crippen molar-refractivity contribution in [1.29, 1.82) is 0 Å². The van der Waals surface area contributed by atoms with Gasteiger partial charge < -0.3 is 19.7 Å². The standard InChI is InChI=1S/C27H37N3O6S/c1-5-20(4)28-27(32)23(6-2)29(16-15-21-11-9-8-10-12-21)26(31)18-30(37(33,34)7-3)22-13-14-24-25(17-22)36-19-35-24/h8-14,17,20,23H,5-7,15-16,18-19H2,1-4H3,(H,28,32)/t20-,23-/m1/s1. The van der Waals surface area contributed by atoms with E-state index in [0.717, 1.165) is 16.3 Å². The zero-order chi connectivity index (χ0) is 27.0. The molecule has 1 N–H and O–H groups in total. The summed E-state index contributed by atoms with van der Waals surface area (Å²) in [5.41, 5.74) is 1.32. The fraction of sp³-hybridized carbons (Fsp3) is 0.481. The first-order valence-corrected chi connectivity index (χ1v) is 14.3. The highest BCUT2D eigenvalue weighted by Crippen LogP contribution is 2.36. The van der Waals surface area contributed by atoms with Gasteiger partial charge in [-0.1, -0.05) is 44.2 Å². The molecule has 1 aliphatic rings. The molecule has 2 atom stereocenters. The van der Waals surface area contributed by atoms with Gasteiger partial charge >= 0.3 is 0 Å². The largest absolute Gasteiger partial charge is 0.454 e. The summed E-state index contributed by atoms with van der Waals surface area (Å²) in [5.74, 6) is 0.0514. The summed E-state index contributed by atoms with van der Waals surface area (Å²) in [6.07, 6.45) is 1.68. The van der Waals surface area contributed by atoms with Gasteiger partial charge in [-0.3, -0.25) is 13.9 Å². The molecule has 1 heterocycles. The van der Waals surface area contributed by atoms with Crippen LogP contribution in [0.4, 0.5) is 5.69 Å². The van der Waals surface area contributed by atoms with Crippen LogP contribution < -0.4 is 19.1 Å². The highest BCUT2D eigenvalue weighted by atomic mass is 32.2. The van der Waals surface area contributed by atoms with Gasteiger partial charge in [0.15, 0.2) is 11.5 Å². The summed E-state index contributed by atoms with van der Waals surface area (Å²) < 4.78 is 38.0. The van der Waals surface area contributed by atoms with Crippen LogP contribution in [0.15, 0.2) is 48.5 Å². The van der Waals surface area contributed by atoms with Crippen LogP contribution in [-0.4, -0.2) is 62.9 Å². The lowest BCUT2D eigenvalue weighted by atomic mass is 10.1. The number of ether oxygens (including phenoxy) is 2. The van der Waals surface area contributed by atoms with Gasteiger partial charge in [-0.05, 0) is 50.8 Å². The molecule has 0 spiro atoms. The summed E-state index contributed by atoms with van der Waals surface area (Å²) in [7, 11) is -3.81. The number of carbonyl (C=O) groups excluding carboxylic acids is 2. The number of hydrogen-bond acceptors (Lipinski definition) is 6. The van der Waals surface area contributed by atoms with Gasteiger partial charge in [0, 0.05) is 18.7 Å². The van der Waals surface area contributed by atoms with Crippen molar-refractivity contribution >= 4 is 27.5 Å². The van der Waals surface area contributed by atoms with E-state index in [-0.39, 0.29) is 31.0 Å². The van der Waals surface area contributed by atoms with E-state index in [0.29, 0.717) is 30.0 Å². The number of benzene rings is 2. The van der Waals surface area contributed by atoms with Gasteiger partial charge in [0.25, 0.3) is 0 Å². The number of rotatable bonds is 13. The van der Waals surface area contributed by atoms with Gasteiger partial charge in [0.1, 0.15) is 12.6 Å². The molecule has 2 aromatic rings. The van der Waals surface area contributed by atoms with E-state index >= 15 is 0 Å². The number of amides is 2. The minimum absolute atomic E-state index is 0.0433. The highest BCUT2D eigenvalue weighted by molar-refractivity contribution is 7.92. The molecule has 0 aliphatic carbocycles. The molecule has 0 aromatic heterocycles. The SMILES string of the molecule is CC[C@@H](C)NC(=O)[C@@H](CC)N(CCc1ccccc1)C(=O)CN(c1ccc2c(c1)OCO2)S(=O)(=O)CC. The van der Waals surface area contributed by atoms with Crippen molar-refractivity contribution in [2.45, 2.75) is 59.0 Å². The molecule has 10 heteroatoms. The number of sulfonamides is 1. The van der Waals surface area contributed by atoms with Crippen LogP contribution in [0.1, 0.15) is 46.1 Å². The number of anilines is 1. The maximum absolute atomic E-state index is 13.8. The van der Waals surface area contributed by atoms with Gasteiger partial charge in [-0.2, -0.15) is 0 Å². The first kappa shape index (κ1) is 28.3. The Morgan fingerprint density at radius 3 is 2.35 bits per heavy atom. The van der Waals surface area contributed by atoms with Crippen LogP contribution in [0.3, 0.4) is 0 Å². The van der Waals surface area contributed by atoms with E-state index in [9.17, 15) is 18.0 Å². The Hall–Kier alpha value is -3.27. The number of nitrogens with zero attached hydrogens (tertiary/aromatic N) is 2. The molecule has 9 nitrogen and oxygen atoms in total. The van der Waals surface area contributed by atoms with E-state index in [1.165, 1.54) is 11.8 Å². The van der Waals surface area contributed by atoms with Crippen molar-refractivity contribution in [2.75, 3.05) is 29.9 Å².